The van der Waals surface area contributed by atoms with Gasteiger partial charge in [-0.15, -0.1) is 0 Å². The molecule has 1 amide bonds. The van der Waals surface area contributed by atoms with E-state index in [1.807, 2.05) is 31.2 Å². The average Bonchev–Trinajstić information content (AvgIpc) is 3.39. The monoisotopic (exact) mass is 410 g/mol. The molecule has 0 aromatic heterocycles. The van der Waals surface area contributed by atoms with Gasteiger partial charge in [0.05, 0.1) is 12.2 Å². The number of rotatable bonds is 6. The molecule has 1 saturated carbocycles. The van der Waals surface area contributed by atoms with Crippen molar-refractivity contribution in [2.24, 2.45) is 5.92 Å². The number of esters is 1. The molecule has 6 nitrogen and oxygen atoms in total. The molecular weight excluding hydrogens is 380 g/mol. The zero-order chi connectivity index (χ0) is 21.1. The number of nitrogens with zero attached hydrogens (tertiary/aromatic N) is 1. The minimum Gasteiger partial charge on any atom is -0.506 e. The number of ether oxygens (including phenoxy) is 1. The lowest BCUT2D eigenvalue weighted by Gasteiger charge is -2.25. The third-order valence-corrected chi connectivity index (χ3v) is 6.41. The highest BCUT2D eigenvalue weighted by atomic mass is 16.5. The molecule has 1 saturated heterocycles. The van der Waals surface area contributed by atoms with Crippen LogP contribution in [0.5, 0.6) is 5.75 Å². The molecule has 1 unspecified atom stereocenters. The molecule has 6 heteroatoms. The molecule has 2 atom stereocenters. The van der Waals surface area contributed by atoms with Crippen LogP contribution in [0.3, 0.4) is 0 Å². The van der Waals surface area contributed by atoms with Crippen LogP contribution in [0.1, 0.15) is 49.4 Å². The molecule has 4 rings (SSSR count). The highest BCUT2D eigenvalue weighted by molar-refractivity contribution is 6.03. The van der Waals surface area contributed by atoms with Crippen LogP contribution in [-0.2, 0) is 9.53 Å². The smallest absolute Gasteiger partial charge is 0.323 e. The Hall–Kier alpha value is -2.60. The Bertz CT molecular complexity index is 923. The number of likely N-dealkylation sites (tertiary alicyclic amines) is 1. The van der Waals surface area contributed by atoms with Crippen LogP contribution in [0.25, 0.3) is 10.8 Å². The van der Waals surface area contributed by atoms with Crippen molar-refractivity contribution in [3.8, 4) is 5.75 Å². The van der Waals surface area contributed by atoms with Gasteiger partial charge in [0.1, 0.15) is 11.8 Å². The third-order valence-electron chi connectivity index (χ3n) is 6.41. The number of carbonyl (C=O) groups excluding carboxylic acids is 2. The van der Waals surface area contributed by atoms with Crippen LogP contribution >= 0.6 is 0 Å². The van der Waals surface area contributed by atoms with E-state index in [0.29, 0.717) is 30.9 Å². The van der Waals surface area contributed by atoms with Crippen molar-refractivity contribution in [3.05, 3.63) is 42.0 Å². The first kappa shape index (κ1) is 20.7. The third kappa shape index (κ3) is 4.29. The van der Waals surface area contributed by atoms with Crippen LogP contribution in [0.15, 0.2) is 36.4 Å². The van der Waals surface area contributed by atoms with Gasteiger partial charge in [-0.25, -0.2) is 0 Å². The Morgan fingerprint density at radius 1 is 1.17 bits per heavy atom. The van der Waals surface area contributed by atoms with E-state index >= 15 is 0 Å². The molecule has 2 N–H and O–H groups in total. The summed E-state index contributed by atoms with van der Waals surface area (Å²) in [6.45, 7) is 3.67. The minimum atomic E-state index is -0.318. The number of hydrogen-bond acceptors (Lipinski definition) is 5. The van der Waals surface area contributed by atoms with E-state index in [1.165, 1.54) is 25.7 Å². The molecule has 2 aromatic carbocycles. The van der Waals surface area contributed by atoms with Crippen LogP contribution in [0, 0.1) is 5.92 Å². The number of phenolic OH excluding ortho intramolecular Hbond substituents is 1. The van der Waals surface area contributed by atoms with E-state index in [2.05, 4.69) is 10.2 Å². The summed E-state index contributed by atoms with van der Waals surface area (Å²) in [5.41, 5.74) is 0.260. The van der Waals surface area contributed by atoms with Crippen molar-refractivity contribution >= 4 is 22.6 Å². The molecule has 2 aromatic rings. The van der Waals surface area contributed by atoms with Crippen LogP contribution < -0.4 is 5.32 Å². The molecular formula is C24H30N2O4. The molecule has 30 heavy (non-hydrogen) atoms. The number of benzene rings is 2. The van der Waals surface area contributed by atoms with E-state index in [0.717, 1.165) is 11.9 Å². The molecule has 0 bridgehead atoms. The van der Waals surface area contributed by atoms with Gasteiger partial charge in [-0.3, -0.25) is 14.5 Å². The van der Waals surface area contributed by atoms with Crippen molar-refractivity contribution in [1.82, 2.24) is 10.2 Å². The largest absolute Gasteiger partial charge is 0.506 e. The fourth-order valence-corrected chi connectivity index (χ4v) is 4.92. The molecule has 2 aliphatic rings. The van der Waals surface area contributed by atoms with E-state index in [-0.39, 0.29) is 35.3 Å². The summed E-state index contributed by atoms with van der Waals surface area (Å²) in [6.07, 6.45) is 5.45. The van der Waals surface area contributed by atoms with Gasteiger partial charge >= 0.3 is 5.97 Å². The highest BCUT2D eigenvalue weighted by Crippen LogP contribution is 2.31. The van der Waals surface area contributed by atoms with Crippen molar-refractivity contribution in [2.75, 3.05) is 19.7 Å². The number of fused-ring (bicyclic) bond motifs is 1. The van der Waals surface area contributed by atoms with Gasteiger partial charge in [0.25, 0.3) is 5.91 Å². The normalized spacial score (nSPS) is 22.4. The summed E-state index contributed by atoms with van der Waals surface area (Å²) >= 11 is 0. The molecule has 1 aliphatic carbocycles. The number of phenols is 1. The number of carbonyl (C=O) groups is 2. The number of amides is 1. The lowest BCUT2D eigenvalue weighted by molar-refractivity contribution is -0.148. The second-order valence-corrected chi connectivity index (χ2v) is 8.46. The SMILES string of the molecule is CCOC(=O)C1C[C@H](NC(=O)c2ccc3ccccc3c2O)CN1CC1CCCC1. The van der Waals surface area contributed by atoms with Gasteiger partial charge in [0, 0.05) is 24.5 Å². The Morgan fingerprint density at radius 3 is 2.70 bits per heavy atom. The molecule has 1 aliphatic heterocycles. The fourth-order valence-electron chi connectivity index (χ4n) is 4.92. The number of aromatic hydroxyl groups is 1. The van der Waals surface area contributed by atoms with Gasteiger partial charge in [0.2, 0.25) is 0 Å². The lowest BCUT2D eigenvalue weighted by atomic mass is 10.0. The van der Waals surface area contributed by atoms with Crippen molar-refractivity contribution in [3.63, 3.8) is 0 Å². The van der Waals surface area contributed by atoms with Crippen molar-refractivity contribution < 1.29 is 19.4 Å². The summed E-state index contributed by atoms with van der Waals surface area (Å²) in [5.74, 6) is 0.0867. The summed E-state index contributed by atoms with van der Waals surface area (Å²) in [7, 11) is 0. The maximum atomic E-state index is 12.9. The van der Waals surface area contributed by atoms with Crippen molar-refractivity contribution in [1.29, 1.82) is 0 Å². The van der Waals surface area contributed by atoms with E-state index in [1.54, 1.807) is 12.1 Å². The minimum absolute atomic E-state index is 0.00616. The topological polar surface area (TPSA) is 78.9 Å². The summed E-state index contributed by atoms with van der Waals surface area (Å²) in [5, 5.41) is 15.2. The number of nitrogens with one attached hydrogen (secondary N) is 1. The quantitative estimate of drug-likeness (QED) is 0.713. The zero-order valence-electron chi connectivity index (χ0n) is 17.5. The highest BCUT2D eigenvalue weighted by Gasteiger charge is 2.39. The Kier molecular flexibility index (Phi) is 6.23. The van der Waals surface area contributed by atoms with Crippen molar-refractivity contribution in [2.45, 2.75) is 51.1 Å². The summed E-state index contributed by atoms with van der Waals surface area (Å²) in [4.78, 5) is 27.6. The predicted molar refractivity (Wildman–Crippen MR) is 115 cm³/mol. The second-order valence-electron chi connectivity index (χ2n) is 8.46. The zero-order valence-corrected chi connectivity index (χ0v) is 17.5. The fraction of sp³-hybridized carbons (Fsp3) is 0.500. The molecule has 160 valence electrons. The standard InChI is InChI=1S/C24H30N2O4/c1-2-30-24(29)21-13-18(15-26(21)14-16-7-3-4-8-16)25-23(28)20-12-11-17-9-5-6-10-19(17)22(20)27/h5-6,9-12,16,18,21,27H,2-4,7-8,13-15H2,1H3,(H,25,28)/t18-,21?/m0/s1. The molecule has 1 heterocycles. The Balaban J connectivity index is 1.47. The van der Waals surface area contributed by atoms with Gasteiger partial charge in [-0.2, -0.15) is 0 Å². The lowest BCUT2D eigenvalue weighted by Crippen LogP contribution is -2.40. The maximum Gasteiger partial charge on any atom is 0.323 e. The van der Waals surface area contributed by atoms with Gasteiger partial charge in [-0.05, 0) is 43.6 Å². The van der Waals surface area contributed by atoms with Crippen LogP contribution in [-0.4, -0.2) is 53.7 Å². The van der Waals surface area contributed by atoms with Crippen LogP contribution in [0.2, 0.25) is 0 Å². The maximum absolute atomic E-state index is 12.9. The second kappa shape index (κ2) is 9.04. The Morgan fingerprint density at radius 2 is 1.93 bits per heavy atom. The Labute approximate surface area is 177 Å². The molecule has 0 radical (unpaired) electrons. The first-order valence-electron chi connectivity index (χ1n) is 11.0. The van der Waals surface area contributed by atoms with Crippen LogP contribution in [0.4, 0.5) is 0 Å². The van der Waals surface area contributed by atoms with Gasteiger partial charge in [0.15, 0.2) is 0 Å². The van der Waals surface area contributed by atoms with Gasteiger partial charge < -0.3 is 15.2 Å². The molecule has 2 fully saturated rings. The van der Waals surface area contributed by atoms with Gasteiger partial charge in [-0.1, -0.05) is 43.2 Å². The summed E-state index contributed by atoms with van der Waals surface area (Å²) in [6, 6.07) is 10.5. The number of hydrogen-bond donors (Lipinski definition) is 2. The van der Waals surface area contributed by atoms with E-state index in [4.69, 9.17) is 4.74 Å². The van der Waals surface area contributed by atoms with E-state index in [9.17, 15) is 14.7 Å². The van der Waals surface area contributed by atoms with E-state index < -0.39 is 0 Å². The molecule has 0 spiro atoms. The first-order valence-corrected chi connectivity index (χ1v) is 11.0. The first-order chi connectivity index (χ1) is 14.6. The average molecular weight is 411 g/mol. The summed E-state index contributed by atoms with van der Waals surface area (Å²) < 4.78 is 5.29. The predicted octanol–water partition coefficient (Wildman–Crippen LogP) is 3.47.